The van der Waals surface area contributed by atoms with Crippen molar-refractivity contribution in [3.05, 3.63) is 54.9 Å². The van der Waals surface area contributed by atoms with E-state index in [0.29, 0.717) is 11.3 Å². The zero-order valence-corrected chi connectivity index (χ0v) is 10.3. The lowest BCUT2D eigenvalue weighted by Crippen LogP contribution is -1.87. The minimum Gasteiger partial charge on any atom is -0.339 e. The highest BCUT2D eigenvalue weighted by molar-refractivity contribution is 6.05. The van der Waals surface area contributed by atoms with E-state index in [1.807, 2.05) is 18.2 Å². The second-order valence-corrected chi connectivity index (χ2v) is 4.53. The number of rotatable bonds is 1. The summed E-state index contributed by atoms with van der Waals surface area (Å²) in [6, 6.07) is 7.15. The molecule has 0 radical (unpaired) electrons. The minimum atomic E-state index is -0.370. The van der Waals surface area contributed by atoms with Gasteiger partial charge >= 0.3 is 0 Å². The van der Waals surface area contributed by atoms with E-state index in [0.717, 1.165) is 21.9 Å². The first-order valence-electron chi connectivity index (χ1n) is 6.15. The molecule has 0 amide bonds. The lowest BCUT2D eigenvalue weighted by molar-refractivity contribution is 0.622. The van der Waals surface area contributed by atoms with Gasteiger partial charge in [0.25, 0.3) is 0 Å². The number of nitrogens with one attached hydrogen (secondary N) is 1. The van der Waals surface area contributed by atoms with Crippen LogP contribution in [0.1, 0.15) is 0 Å². The quantitative estimate of drug-likeness (QED) is 0.574. The Labute approximate surface area is 113 Å². The van der Waals surface area contributed by atoms with Gasteiger partial charge in [-0.05, 0) is 24.3 Å². The maximum Gasteiger partial charge on any atom is 0.142 e. The van der Waals surface area contributed by atoms with Gasteiger partial charge in [0, 0.05) is 34.9 Å². The summed E-state index contributed by atoms with van der Waals surface area (Å²) >= 11 is 0. The molecule has 0 aliphatic heterocycles. The van der Waals surface area contributed by atoms with Gasteiger partial charge < -0.3 is 4.98 Å². The van der Waals surface area contributed by atoms with Crippen LogP contribution in [0.15, 0.2) is 49.1 Å². The molecule has 1 N–H and O–H groups in total. The standard InChI is InChI=1S/C15H9FN4/c16-10-5-9(6-18-7-10)13-2-1-11-12-8-17-4-3-14(12)20-15(11)19-13/h1-8H,(H,19,20). The van der Waals surface area contributed by atoms with Crippen LogP contribution in [-0.4, -0.2) is 19.9 Å². The number of hydrogen-bond donors (Lipinski definition) is 1. The van der Waals surface area contributed by atoms with Crippen LogP contribution in [0.5, 0.6) is 0 Å². The fourth-order valence-corrected chi connectivity index (χ4v) is 2.33. The number of pyridine rings is 3. The molecule has 0 aliphatic rings. The third kappa shape index (κ3) is 1.64. The molecule has 4 aromatic heterocycles. The van der Waals surface area contributed by atoms with E-state index in [1.165, 1.54) is 12.3 Å². The lowest BCUT2D eigenvalue weighted by atomic mass is 10.1. The SMILES string of the molecule is Fc1cncc(-c2ccc3c(n2)[nH]c2ccncc23)c1. The number of aromatic amines is 1. The third-order valence-electron chi connectivity index (χ3n) is 3.26. The Hall–Kier alpha value is -2.82. The summed E-state index contributed by atoms with van der Waals surface area (Å²) in [6.07, 6.45) is 6.31. The predicted octanol–water partition coefficient (Wildman–Crippen LogP) is 3.31. The average molecular weight is 264 g/mol. The summed E-state index contributed by atoms with van der Waals surface area (Å²) in [7, 11) is 0. The van der Waals surface area contributed by atoms with Crippen molar-refractivity contribution < 1.29 is 4.39 Å². The highest BCUT2D eigenvalue weighted by atomic mass is 19.1. The van der Waals surface area contributed by atoms with Gasteiger partial charge in [-0.15, -0.1) is 0 Å². The van der Waals surface area contributed by atoms with Gasteiger partial charge in [0.1, 0.15) is 11.5 Å². The monoisotopic (exact) mass is 264 g/mol. The second-order valence-electron chi connectivity index (χ2n) is 4.53. The van der Waals surface area contributed by atoms with Gasteiger partial charge in [-0.25, -0.2) is 9.37 Å². The molecule has 4 nitrogen and oxygen atoms in total. The van der Waals surface area contributed by atoms with Crippen molar-refractivity contribution in [2.24, 2.45) is 0 Å². The first-order valence-corrected chi connectivity index (χ1v) is 6.15. The molecule has 4 aromatic rings. The maximum atomic E-state index is 13.2. The predicted molar refractivity (Wildman–Crippen MR) is 74.6 cm³/mol. The van der Waals surface area contributed by atoms with Crippen molar-refractivity contribution in [3.8, 4) is 11.3 Å². The molecular weight excluding hydrogens is 255 g/mol. The van der Waals surface area contributed by atoms with E-state index >= 15 is 0 Å². The Morgan fingerprint density at radius 2 is 1.90 bits per heavy atom. The Bertz CT molecular complexity index is 929. The van der Waals surface area contributed by atoms with Gasteiger partial charge in [-0.2, -0.15) is 0 Å². The van der Waals surface area contributed by atoms with Crippen LogP contribution in [-0.2, 0) is 0 Å². The van der Waals surface area contributed by atoms with Crippen LogP contribution >= 0.6 is 0 Å². The number of nitrogens with zero attached hydrogens (tertiary/aromatic N) is 3. The molecule has 0 atom stereocenters. The summed E-state index contributed by atoms with van der Waals surface area (Å²) in [5, 5.41) is 2.03. The summed E-state index contributed by atoms with van der Waals surface area (Å²) in [6.45, 7) is 0. The molecule has 0 saturated carbocycles. The third-order valence-corrected chi connectivity index (χ3v) is 3.26. The topological polar surface area (TPSA) is 54.5 Å². The van der Waals surface area contributed by atoms with E-state index in [4.69, 9.17) is 0 Å². The number of aromatic nitrogens is 4. The molecular formula is C15H9FN4. The normalized spacial score (nSPS) is 11.2. The first kappa shape index (κ1) is 11.0. The Morgan fingerprint density at radius 1 is 0.950 bits per heavy atom. The highest BCUT2D eigenvalue weighted by Gasteiger charge is 2.08. The van der Waals surface area contributed by atoms with Crippen LogP contribution in [0, 0.1) is 5.82 Å². The average Bonchev–Trinajstić information content (AvgIpc) is 2.85. The van der Waals surface area contributed by atoms with Gasteiger partial charge in [-0.1, -0.05) is 0 Å². The van der Waals surface area contributed by atoms with E-state index in [1.54, 1.807) is 18.6 Å². The molecule has 5 heteroatoms. The summed E-state index contributed by atoms with van der Waals surface area (Å²) in [5.41, 5.74) is 3.08. The first-order chi connectivity index (χ1) is 9.81. The fourth-order valence-electron chi connectivity index (χ4n) is 2.33. The van der Waals surface area contributed by atoms with Gasteiger partial charge in [0.15, 0.2) is 0 Å². The summed E-state index contributed by atoms with van der Waals surface area (Å²) in [4.78, 5) is 15.7. The van der Waals surface area contributed by atoms with Gasteiger partial charge in [-0.3, -0.25) is 9.97 Å². The van der Waals surface area contributed by atoms with Crippen LogP contribution < -0.4 is 0 Å². The number of halogens is 1. The van der Waals surface area contributed by atoms with Crippen LogP contribution in [0.2, 0.25) is 0 Å². The van der Waals surface area contributed by atoms with Crippen molar-refractivity contribution in [1.82, 2.24) is 19.9 Å². The van der Waals surface area contributed by atoms with Crippen LogP contribution in [0.3, 0.4) is 0 Å². The van der Waals surface area contributed by atoms with Crippen molar-refractivity contribution in [3.63, 3.8) is 0 Å². The van der Waals surface area contributed by atoms with Crippen LogP contribution in [0.25, 0.3) is 33.2 Å². The minimum absolute atomic E-state index is 0.370. The maximum absolute atomic E-state index is 13.2. The van der Waals surface area contributed by atoms with Crippen molar-refractivity contribution in [1.29, 1.82) is 0 Å². The summed E-state index contributed by atoms with van der Waals surface area (Å²) in [5.74, 6) is -0.370. The molecule has 0 fully saturated rings. The molecule has 0 spiro atoms. The Morgan fingerprint density at radius 3 is 2.80 bits per heavy atom. The molecule has 4 rings (SSSR count). The molecule has 0 aromatic carbocycles. The Balaban J connectivity index is 1.97. The molecule has 0 aliphatic carbocycles. The zero-order valence-electron chi connectivity index (χ0n) is 10.3. The van der Waals surface area contributed by atoms with Crippen LogP contribution in [0.4, 0.5) is 4.39 Å². The Kier molecular flexibility index (Phi) is 2.26. The molecule has 0 saturated heterocycles. The highest BCUT2D eigenvalue weighted by Crippen LogP contribution is 2.26. The smallest absolute Gasteiger partial charge is 0.142 e. The summed E-state index contributed by atoms with van der Waals surface area (Å²) < 4.78 is 13.2. The number of H-pyrrole nitrogens is 1. The van der Waals surface area contributed by atoms with Crippen molar-refractivity contribution in [2.75, 3.05) is 0 Å². The van der Waals surface area contributed by atoms with Crippen molar-refractivity contribution in [2.45, 2.75) is 0 Å². The molecule has 0 unspecified atom stereocenters. The van der Waals surface area contributed by atoms with E-state index in [9.17, 15) is 4.39 Å². The van der Waals surface area contributed by atoms with E-state index in [2.05, 4.69) is 19.9 Å². The lowest BCUT2D eigenvalue weighted by Gasteiger charge is -2.00. The largest absolute Gasteiger partial charge is 0.339 e. The second kappa shape index (κ2) is 4.09. The van der Waals surface area contributed by atoms with E-state index in [-0.39, 0.29) is 5.82 Å². The molecule has 4 heterocycles. The molecule has 20 heavy (non-hydrogen) atoms. The fraction of sp³-hybridized carbons (Fsp3) is 0. The molecule has 96 valence electrons. The van der Waals surface area contributed by atoms with Gasteiger partial charge in [0.2, 0.25) is 0 Å². The van der Waals surface area contributed by atoms with E-state index < -0.39 is 0 Å². The molecule has 0 bridgehead atoms. The van der Waals surface area contributed by atoms with Crippen molar-refractivity contribution >= 4 is 21.9 Å². The van der Waals surface area contributed by atoms with Gasteiger partial charge in [0.05, 0.1) is 17.4 Å². The number of fused-ring (bicyclic) bond motifs is 3. The zero-order chi connectivity index (χ0) is 13.5. The number of hydrogen-bond acceptors (Lipinski definition) is 3.